The lowest BCUT2D eigenvalue weighted by Gasteiger charge is -2.09. The van der Waals surface area contributed by atoms with Gasteiger partial charge in [0, 0.05) is 24.8 Å². The van der Waals surface area contributed by atoms with Crippen LogP contribution in [0.3, 0.4) is 0 Å². The van der Waals surface area contributed by atoms with E-state index in [0.29, 0.717) is 28.5 Å². The smallest absolute Gasteiger partial charge is 0.355 e. The summed E-state index contributed by atoms with van der Waals surface area (Å²) >= 11 is 1.17. The van der Waals surface area contributed by atoms with Gasteiger partial charge in [0.05, 0.1) is 22.3 Å². The lowest BCUT2D eigenvalue weighted by molar-refractivity contribution is -0.137. The highest BCUT2D eigenvalue weighted by molar-refractivity contribution is 7.99. The van der Waals surface area contributed by atoms with E-state index in [0.717, 1.165) is 25.0 Å². The number of hydrogen-bond donors (Lipinski definition) is 2. The van der Waals surface area contributed by atoms with Gasteiger partial charge in [-0.25, -0.2) is 4.98 Å². The molecule has 3 rings (SSSR count). The molecule has 0 aliphatic carbocycles. The summed E-state index contributed by atoms with van der Waals surface area (Å²) in [5.41, 5.74) is 1.13. The summed E-state index contributed by atoms with van der Waals surface area (Å²) in [4.78, 5) is 28.3. The zero-order valence-corrected chi connectivity index (χ0v) is 18.4. The van der Waals surface area contributed by atoms with E-state index in [4.69, 9.17) is 0 Å². The van der Waals surface area contributed by atoms with Gasteiger partial charge >= 0.3 is 6.18 Å². The van der Waals surface area contributed by atoms with Crippen molar-refractivity contribution < 1.29 is 22.8 Å². The van der Waals surface area contributed by atoms with E-state index in [9.17, 15) is 22.8 Å². The largest absolute Gasteiger partial charge is 0.416 e. The van der Waals surface area contributed by atoms with Gasteiger partial charge in [-0.05, 0) is 48.9 Å². The summed E-state index contributed by atoms with van der Waals surface area (Å²) in [5, 5.41) is 5.76. The average Bonchev–Trinajstić information content (AvgIpc) is 3.12. The summed E-state index contributed by atoms with van der Waals surface area (Å²) in [6.45, 7) is 2.62. The quantitative estimate of drug-likeness (QED) is 0.463. The molecule has 2 N–H and O–H groups in total. The second-order valence-electron chi connectivity index (χ2n) is 7.09. The van der Waals surface area contributed by atoms with Crippen molar-refractivity contribution in [3.63, 3.8) is 0 Å². The van der Waals surface area contributed by atoms with Gasteiger partial charge in [0.15, 0.2) is 5.16 Å². The predicted octanol–water partition coefficient (Wildman–Crippen LogP) is 4.95. The molecule has 0 bridgehead atoms. The van der Waals surface area contributed by atoms with E-state index >= 15 is 0 Å². The molecular formula is C22H23F3N4O2S. The number of benzene rings is 2. The Morgan fingerprint density at radius 3 is 2.47 bits per heavy atom. The summed E-state index contributed by atoms with van der Waals surface area (Å²) in [6.07, 6.45) is -2.69. The molecule has 0 saturated heterocycles. The van der Waals surface area contributed by atoms with Crippen LogP contribution in [0.2, 0.25) is 0 Å². The van der Waals surface area contributed by atoms with Gasteiger partial charge in [-0.3, -0.25) is 9.59 Å². The molecule has 3 aromatic rings. The molecule has 2 aromatic carbocycles. The van der Waals surface area contributed by atoms with Crippen LogP contribution in [-0.4, -0.2) is 34.2 Å². The third-order valence-corrected chi connectivity index (χ3v) is 5.74. The number of nitrogens with one attached hydrogen (secondary N) is 2. The van der Waals surface area contributed by atoms with Crippen LogP contribution < -0.4 is 10.6 Å². The highest BCUT2D eigenvalue weighted by atomic mass is 32.2. The molecule has 6 nitrogen and oxygen atoms in total. The molecule has 1 aromatic heterocycles. The van der Waals surface area contributed by atoms with Crippen LogP contribution in [0, 0.1) is 0 Å². The number of hydrogen-bond acceptors (Lipinski definition) is 4. The number of thioether (sulfide) groups is 1. The average molecular weight is 465 g/mol. The van der Waals surface area contributed by atoms with Crippen LogP contribution in [0.5, 0.6) is 0 Å². The van der Waals surface area contributed by atoms with Gasteiger partial charge in [-0.15, -0.1) is 0 Å². The van der Waals surface area contributed by atoms with Gasteiger partial charge in [-0.2, -0.15) is 13.2 Å². The van der Waals surface area contributed by atoms with Crippen molar-refractivity contribution in [3.05, 3.63) is 53.6 Å². The first-order valence-corrected chi connectivity index (χ1v) is 11.0. The van der Waals surface area contributed by atoms with Crippen molar-refractivity contribution in [2.24, 2.45) is 0 Å². The maximum Gasteiger partial charge on any atom is 0.416 e. The number of anilines is 1. The molecule has 170 valence electrons. The summed E-state index contributed by atoms with van der Waals surface area (Å²) in [5.74, 6) is -0.468. The van der Waals surface area contributed by atoms with E-state index in [1.165, 1.54) is 24.9 Å². The topological polar surface area (TPSA) is 76.0 Å². The van der Waals surface area contributed by atoms with Gasteiger partial charge < -0.3 is 15.2 Å². The number of imidazole rings is 1. The number of amides is 2. The molecule has 0 fully saturated rings. The normalized spacial score (nSPS) is 11.5. The van der Waals surface area contributed by atoms with Crippen molar-refractivity contribution in [1.29, 1.82) is 0 Å². The third-order valence-electron chi connectivity index (χ3n) is 4.77. The number of alkyl halides is 3. The molecule has 32 heavy (non-hydrogen) atoms. The van der Waals surface area contributed by atoms with Crippen LogP contribution >= 0.6 is 11.8 Å². The Labute approximate surface area is 187 Å². The van der Waals surface area contributed by atoms with Gasteiger partial charge in [-0.1, -0.05) is 25.1 Å². The molecule has 1 heterocycles. The molecule has 0 spiro atoms. The fourth-order valence-corrected chi connectivity index (χ4v) is 3.94. The zero-order chi connectivity index (χ0) is 23.3. The maximum absolute atomic E-state index is 13.1. The predicted molar refractivity (Wildman–Crippen MR) is 119 cm³/mol. The molecule has 0 atom stereocenters. The number of halogens is 3. The Morgan fingerprint density at radius 1 is 1.12 bits per heavy atom. The number of rotatable bonds is 8. The van der Waals surface area contributed by atoms with Crippen LogP contribution in [0.25, 0.3) is 11.0 Å². The lowest BCUT2D eigenvalue weighted by atomic mass is 10.2. The second kappa shape index (κ2) is 10.1. The number of fused-ring (bicyclic) bond motifs is 1. The van der Waals surface area contributed by atoms with Crippen LogP contribution in [0.15, 0.2) is 47.6 Å². The Balaban J connectivity index is 1.73. The standard InChI is InChI=1S/C22H23F3N4O2S/c1-3-4-11-29-18-10-7-15(22(23,24)25)12-17(18)28-21(29)32-13-19(30)27-16-8-5-14(6-9-16)20(31)26-2/h5-10,12H,3-4,11,13H2,1-2H3,(H,26,31)(H,27,30). The fraction of sp³-hybridized carbons (Fsp3) is 0.318. The molecular weight excluding hydrogens is 441 g/mol. The van der Waals surface area contributed by atoms with Crippen molar-refractivity contribution in [2.45, 2.75) is 37.6 Å². The van der Waals surface area contributed by atoms with E-state index < -0.39 is 11.7 Å². The summed E-state index contributed by atoms with van der Waals surface area (Å²) in [6, 6.07) is 9.98. The molecule has 10 heteroatoms. The monoisotopic (exact) mass is 464 g/mol. The SMILES string of the molecule is CCCCn1c(SCC(=O)Nc2ccc(C(=O)NC)cc2)nc2cc(C(F)(F)F)ccc21. The summed E-state index contributed by atoms with van der Waals surface area (Å²) in [7, 11) is 1.53. The highest BCUT2D eigenvalue weighted by Gasteiger charge is 2.31. The molecule has 0 unspecified atom stereocenters. The fourth-order valence-electron chi connectivity index (χ4n) is 3.10. The van der Waals surface area contributed by atoms with Crippen LogP contribution in [0.4, 0.5) is 18.9 Å². The number of aryl methyl sites for hydroxylation is 1. The van der Waals surface area contributed by atoms with Gasteiger partial charge in [0.2, 0.25) is 5.91 Å². The Kier molecular flexibility index (Phi) is 7.44. The number of unbranched alkanes of at least 4 members (excludes halogenated alkanes) is 1. The van der Waals surface area contributed by atoms with E-state index in [-0.39, 0.29) is 23.1 Å². The number of carbonyl (C=O) groups is 2. The first-order valence-electron chi connectivity index (χ1n) is 10.0. The molecule has 0 saturated carbocycles. The van der Waals surface area contributed by atoms with Crippen molar-refractivity contribution in [3.8, 4) is 0 Å². The lowest BCUT2D eigenvalue weighted by Crippen LogP contribution is -2.18. The number of aromatic nitrogens is 2. The zero-order valence-electron chi connectivity index (χ0n) is 17.6. The van der Waals surface area contributed by atoms with Crippen molar-refractivity contribution >= 4 is 40.3 Å². The summed E-state index contributed by atoms with van der Waals surface area (Å²) < 4.78 is 41.0. The van der Waals surface area contributed by atoms with Crippen molar-refractivity contribution in [2.75, 3.05) is 18.1 Å². The molecule has 0 aliphatic heterocycles. The van der Waals surface area contributed by atoms with Gasteiger partial charge in [0.25, 0.3) is 5.91 Å². The molecule has 0 aliphatic rings. The van der Waals surface area contributed by atoms with E-state index in [1.54, 1.807) is 24.3 Å². The van der Waals surface area contributed by atoms with Crippen LogP contribution in [-0.2, 0) is 17.5 Å². The maximum atomic E-state index is 13.1. The van der Waals surface area contributed by atoms with E-state index in [1.807, 2.05) is 11.5 Å². The molecule has 2 amide bonds. The van der Waals surface area contributed by atoms with E-state index in [2.05, 4.69) is 15.6 Å². The Hall–Kier alpha value is -3.01. The van der Waals surface area contributed by atoms with Crippen molar-refractivity contribution in [1.82, 2.24) is 14.9 Å². The first kappa shape index (κ1) is 23.6. The van der Waals surface area contributed by atoms with Gasteiger partial charge in [0.1, 0.15) is 0 Å². The Morgan fingerprint density at radius 2 is 1.84 bits per heavy atom. The highest BCUT2D eigenvalue weighted by Crippen LogP contribution is 2.33. The second-order valence-corrected chi connectivity index (χ2v) is 8.04. The minimum absolute atomic E-state index is 0.0404. The first-order chi connectivity index (χ1) is 15.2. The van der Waals surface area contributed by atoms with Crippen LogP contribution in [0.1, 0.15) is 35.7 Å². The number of carbonyl (C=O) groups excluding carboxylic acids is 2. The molecule has 0 radical (unpaired) electrons. The minimum atomic E-state index is -4.44. The minimum Gasteiger partial charge on any atom is -0.355 e. The number of nitrogens with zero attached hydrogens (tertiary/aromatic N) is 2. The third kappa shape index (κ3) is 5.61. The Bertz CT molecular complexity index is 1110.